The molecule has 1 spiro atoms. The van der Waals surface area contributed by atoms with E-state index >= 15 is 0 Å². The maximum atomic E-state index is 12.6. The third-order valence-corrected chi connectivity index (χ3v) is 8.67. The third kappa shape index (κ3) is 4.55. The monoisotopic (exact) mass is 517 g/mol. The number of hydrogen-bond donors (Lipinski definition) is 0. The van der Waals surface area contributed by atoms with Crippen molar-refractivity contribution in [2.75, 3.05) is 13.2 Å². The van der Waals surface area contributed by atoms with Crippen LogP contribution in [0.5, 0.6) is 5.75 Å². The molecule has 2 saturated heterocycles. The maximum Gasteiger partial charge on any atom is 0.534 e. The molecule has 6 atom stereocenters. The highest BCUT2D eigenvalue weighted by Gasteiger charge is 2.57. The lowest BCUT2D eigenvalue weighted by atomic mass is 9.56. The molecule has 3 heterocycles. The van der Waals surface area contributed by atoms with Gasteiger partial charge in [-0.2, -0.15) is 21.6 Å². The lowest BCUT2D eigenvalue weighted by molar-refractivity contribution is -0.204. The summed E-state index contributed by atoms with van der Waals surface area (Å²) in [7, 11) is -5.76. The number of carbonyl (C=O) groups is 1. The number of pyridine rings is 1. The summed E-state index contributed by atoms with van der Waals surface area (Å²) in [6.07, 6.45) is 7.55. The van der Waals surface area contributed by atoms with Crippen molar-refractivity contribution in [3.63, 3.8) is 0 Å². The zero-order valence-electron chi connectivity index (χ0n) is 18.9. The molecule has 0 aromatic carbocycles. The van der Waals surface area contributed by atoms with Crippen LogP contribution in [0.3, 0.4) is 0 Å². The summed E-state index contributed by atoms with van der Waals surface area (Å²) >= 11 is 0. The zero-order valence-corrected chi connectivity index (χ0v) is 19.8. The topological polar surface area (TPSA) is 101 Å². The fourth-order valence-corrected chi connectivity index (χ4v) is 6.72. The normalized spacial score (nSPS) is 34.6. The number of allylic oxidation sites excluding steroid dienone is 1. The molecular formula is C23H26F3NO7S. The molecular weight excluding hydrogens is 491 g/mol. The molecule has 1 unspecified atom stereocenters. The molecule has 35 heavy (non-hydrogen) atoms. The summed E-state index contributed by atoms with van der Waals surface area (Å²) < 4.78 is 81.5. The molecule has 4 aliphatic rings. The number of rotatable bonds is 4. The van der Waals surface area contributed by atoms with Gasteiger partial charge in [0.2, 0.25) is 0 Å². The van der Waals surface area contributed by atoms with Gasteiger partial charge in [-0.25, -0.2) is 0 Å². The van der Waals surface area contributed by atoms with Gasteiger partial charge in [0.15, 0.2) is 11.5 Å². The van der Waals surface area contributed by atoms with Gasteiger partial charge in [0.05, 0.1) is 31.0 Å². The first kappa shape index (κ1) is 24.5. The second kappa shape index (κ2) is 8.74. The molecule has 12 heteroatoms. The summed E-state index contributed by atoms with van der Waals surface area (Å²) in [6.45, 7) is 3.05. The lowest BCUT2D eigenvalue weighted by Crippen LogP contribution is -2.49. The van der Waals surface area contributed by atoms with E-state index in [9.17, 15) is 26.4 Å². The number of alkyl halides is 3. The van der Waals surface area contributed by atoms with Crippen LogP contribution in [0.25, 0.3) is 6.08 Å². The quantitative estimate of drug-likeness (QED) is 0.339. The number of esters is 1. The van der Waals surface area contributed by atoms with Crippen LogP contribution in [0.4, 0.5) is 13.2 Å². The van der Waals surface area contributed by atoms with Crippen LogP contribution >= 0.6 is 0 Å². The van der Waals surface area contributed by atoms with E-state index in [0.29, 0.717) is 24.8 Å². The zero-order chi connectivity index (χ0) is 25.0. The highest BCUT2D eigenvalue weighted by atomic mass is 32.2. The van der Waals surface area contributed by atoms with Crippen LogP contribution in [-0.2, 0) is 29.1 Å². The molecule has 0 bridgehead atoms. The standard InChI is InChI=1S/C23H26F3NO7S/c1-13-20-18(5-3-15-2-4-16(12-27-15)34-35(29,30)23(24,25)26)17-6-7-22(31-8-9-32-22)11-14(17)10-19(20)21(28)33-13/h2-5,12-14,17-20H,6-11H2,1H3/b5-3+/t13-,14-,17?,18+,19-,20+/m1/s1. The van der Waals surface area contributed by atoms with E-state index in [-0.39, 0.29) is 35.7 Å². The van der Waals surface area contributed by atoms with E-state index in [0.717, 1.165) is 37.9 Å². The Morgan fingerprint density at radius 2 is 1.97 bits per heavy atom. The summed E-state index contributed by atoms with van der Waals surface area (Å²) in [5.74, 6) is -0.929. The molecule has 1 aromatic heterocycles. The lowest BCUT2D eigenvalue weighted by Gasteiger charge is -2.49. The van der Waals surface area contributed by atoms with Gasteiger partial charge in [-0.15, -0.1) is 0 Å². The van der Waals surface area contributed by atoms with E-state index in [2.05, 4.69) is 9.17 Å². The van der Waals surface area contributed by atoms with Crippen LogP contribution in [0.2, 0.25) is 0 Å². The Bertz CT molecular complexity index is 1100. The number of nitrogens with zero attached hydrogens (tertiary/aromatic N) is 1. The van der Waals surface area contributed by atoms with Crippen molar-refractivity contribution in [1.29, 1.82) is 0 Å². The Kier molecular flexibility index (Phi) is 6.12. The van der Waals surface area contributed by atoms with Gasteiger partial charge in [0.1, 0.15) is 6.10 Å². The van der Waals surface area contributed by atoms with E-state index < -0.39 is 27.2 Å². The minimum absolute atomic E-state index is 0.0130. The van der Waals surface area contributed by atoms with Crippen molar-refractivity contribution >= 4 is 22.2 Å². The first-order chi connectivity index (χ1) is 16.5. The van der Waals surface area contributed by atoms with Gasteiger partial charge >= 0.3 is 21.6 Å². The average Bonchev–Trinajstić information content (AvgIpc) is 3.35. The van der Waals surface area contributed by atoms with Crippen LogP contribution in [0.1, 0.15) is 38.3 Å². The van der Waals surface area contributed by atoms with E-state index in [1.807, 2.05) is 13.0 Å². The molecule has 192 valence electrons. The minimum atomic E-state index is -5.76. The molecule has 5 rings (SSSR count). The highest BCUT2D eigenvalue weighted by molar-refractivity contribution is 7.88. The Morgan fingerprint density at radius 1 is 1.23 bits per heavy atom. The Labute approximate surface area is 200 Å². The van der Waals surface area contributed by atoms with Crippen LogP contribution in [-0.4, -0.2) is 50.0 Å². The fourth-order valence-electron chi connectivity index (χ4n) is 6.27. The van der Waals surface area contributed by atoms with Crippen molar-refractivity contribution in [3.8, 4) is 5.75 Å². The SMILES string of the molecule is C[C@H]1OC(=O)[C@@H]2C[C@@H]3CC4(CCC3[C@H](/C=C/c3ccc(OS(=O)(=O)C(F)(F)F)cn3)[C@H]12)OCCO4. The summed E-state index contributed by atoms with van der Waals surface area (Å²) in [5.41, 5.74) is -5.10. The summed E-state index contributed by atoms with van der Waals surface area (Å²) in [5, 5.41) is 0. The Hall–Kier alpha value is -2.18. The van der Waals surface area contributed by atoms with Crippen LogP contribution in [0, 0.1) is 29.6 Å². The number of ether oxygens (including phenoxy) is 3. The van der Waals surface area contributed by atoms with Crippen molar-refractivity contribution in [3.05, 3.63) is 30.1 Å². The second-order valence-electron chi connectivity index (χ2n) is 9.67. The van der Waals surface area contributed by atoms with Gasteiger partial charge in [0, 0.05) is 18.8 Å². The van der Waals surface area contributed by atoms with E-state index in [1.54, 1.807) is 6.08 Å². The molecule has 0 radical (unpaired) electrons. The average molecular weight is 518 g/mol. The Balaban J connectivity index is 1.35. The van der Waals surface area contributed by atoms with Crippen molar-refractivity contribution in [2.24, 2.45) is 29.6 Å². The molecule has 0 amide bonds. The van der Waals surface area contributed by atoms with Gasteiger partial charge in [-0.05, 0) is 55.7 Å². The van der Waals surface area contributed by atoms with E-state index in [1.165, 1.54) is 6.07 Å². The maximum absolute atomic E-state index is 12.6. The first-order valence-corrected chi connectivity index (χ1v) is 13.0. The Morgan fingerprint density at radius 3 is 2.63 bits per heavy atom. The molecule has 2 aliphatic heterocycles. The predicted octanol–water partition coefficient (Wildman–Crippen LogP) is 3.68. The van der Waals surface area contributed by atoms with E-state index in [4.69, 9.17) is 14.2 Å². The van der Waals surface area contributed by atoms with Crippen LogP contribution in [0.15, 0.2) is 24.4 Å². The summed E-state index contributed by atoms with van der Waals surface area (Å²) in [6, 6.07) is 2.50. The third-order valence-electron chi connectivity index (χ3n) is 7.70. The molecule has 8 nitrogen and oxygen atoms in total. The highest BCUT2D eigenvalue weighted by Crippen LogP contribution is 2.56. The van der Waals surface area contributed by atoms with Gasteiger partial charge in [-0.3, -0.25) is 9.78 Å². The molecule has 2 saturated carbocycles. The number of aromatic nitrogens is 1. The molecule has 0 N–H and O–H groups in total. The number of fused-ring (bicyclic) bond motifs is 2. The number of carbonyl (C=O) groups excluding carboxylic acids is 1. The minimum Gasteiger partial charge on any atom is -0.462 e. The largest absolute Gasteiger partial charge is 0.534 e. The van der Waals surface area contributed by atoms with Gasteiger partial charge in [-0.1, -0.05) is 6.08 Å². The summed E-state index contributed by atoms with van der Waals surface area (Å²) in [4.78, 5) is 16.6. The van der Waals surface area contributed by atoms with Crippen molar-refractivity contribution in [1.82, 2.24) is 4.98 Å². The predicted molar refractivity (Wildman–Crippen MR) is 115 cm³/mol. The molecule has 4 fully saturated rings. The molecule has 2 aliphatic carbocycles. The van der Waals surface area contributed by atoms with Crippen molar-refractivity contribution in [2.45, 2.75) is 50.0 Å². The first-order valence-electron chi connectivity index (χ1n) is 11.6. The van der Waals surface area contributed by atoms with Crippen LogP contribution < -0.4 is 4.18 Å². The number of halogens is 3. The fraction of sp³-hybridized carbons (Fsp3) is 0.652. The number of cyclic esters (lactones) is 1. The smallest absolute Gasteiger partial charge is 0.462 e. The number of hydrogen-bond acceptors (Lipinski definition) is 8. The van der Waals surface area contributed by atoms with Crippen molar-refractivity contribution < 1.29 is 44.8 Å². The van der Waals surface area contributed by atoms with Gasteiger partial charge in [0.25, 0.3) is 0 Å². The van der Waals surface area contributed by atoms with Gasteiger partial charge < -0.3 is 18.4 Å². The second-order valence-corrected chi connectivity index (χ2v) is 11.2. The molecule has 1 aromatic rings.